The monoisotopic (exact) mass is 231 g/mol. The summed E-state index contributed by atoms with van der Waals surface area (Å²) in [4.78, 5) is 4.91. The van der Waals surface area contributed by atoms with Gasteiger partial charge in [-0.05, 0) is 43.7 Å². The summed E-state index contributed by atoms with van der Waals surface area (Å²) in [6.45, 7) is 5.79. The highest BCUT2D eigenvalue weighted by Crippen LogP contribution is 2.27. The molecule has 0 atom stereocenters. The lowest BCUT2D eigenvalue weighted by Crippen LogP contribution is -2.44. The number of nitrogens with zero attached hydrogens (tertiary/aromatic N) is 2. The molecule has 1 saturated heterocycles. The van der Waals surface area contributed by atoms with Gasteiger partial charge in [-0.3, -0.25) is 0 Å². The van der Waals surface area contributed by atoms with Gasteiger partial charge < -0.3 is 15.1 Å². The van der Waals surface area contributed by atoms with Gasteiger partial charge in [0.05, 0.1) is 0 Å². The zero-order valence-electron chi connectivity index (χ0n) is 10.6. The van der Waals surface area contributed by atoms with Gasteiger partial charge in [-0.25, -0.2) is 0 Å². The Morgan fingerprint density at radius 2 is 1.94 bits per heavy atom. The molecule has 2 aliphatic heterocycles. The summed E-state index contributed by atoms with van der Waals surface area (Å²) in [5.74, 6) is 0. The number of fused-ring (bicyclic) bond motifs is 1. The van der Waals surface area contributed by atoms with E-state index in [0.717, 1.165) is 19.6 Å². The van der Waals surface area contributed by atoms with Crippen LogP contribution in [0.4, 0.5) is 11.4 Å². The fourth-order valence-electron chi connectivity index (χ4n) is 2.72. The zero-order chi connectivity index (χ0) is 11.7. The van der Waals surface area contributed by atoms with Gasteiger partial charge >= 0.3 is 0 Å². The molecule has 3 nitrogen and oxygen atoms in total. The van der Waals surface area contributed by atoms with Crippen LogP contribution < -0.4 is 10.2 Å². The van der Waals surface area contributed by atoms with Crippen molar-refractivity contribution in [1.29, 1.82) is 0 Å². The first-order valence-electron chi connectivity index (χ1n) is 6.63. The van der Waals surface area contributed by atoms with Crippen molar-refractivity contribution >= 4 is 11.4 Å². The van der Waals surface area contributed by atoms with Gasteiger partial charge in [0.2, 0.25) is 0 Å². The largest absolute Gasteiger partial charge is 0.385 e. The number of nitrogens with one attached hydrogen (secondary N) is 1. The van der Waals surface area contributed by atoms with Crippen LogP contribution in [-0.2, 0) is 6.42 Å². The molecule has 0 aliphatic carbocycles. The van der Waals surface area contributed by atoms with E-state index in [1.807, 2.05) is 0 Å². The highest BCUT2D eigenvalue weighted by molar-refractivity contribution is 5.61. The molecule has 17 heavy (non-hydrogen) atoms. The average molecular weight is 231 g/mol. The summed E-state index contributed by atoms with van der Waals surface area (Å²) in [5.41, 5.74) is 4.24. The summed E-state index contributed by atoms with van der Waals surface area (Å²) in [5, 5.41) is 3.47. The van der Waals surface area contributed by atoms with Crippen molar-refractivity contribution in [2.24, 2.45) is 0 Å². The van der Waals surface area contributed by atoms with E-state index in [1.54, 1.807) is 0 Å². The van der Waals surface area contributed by atoms with Crippen molar-refractivity contribution in [3.63, 3.8) is 0 Å². The van der Waals surface area contributed by atoms with Crippen molar-refractivity contribution < 1.29 is 0 Å². The van der Waals surface area contributed by atoms with Crippen LogP contribution >= 0.6 is 0 Å². The second-order valence-electron chi connectivity index (χ2n) is 5.16. The number of benzene rings is 1. The fraction of sp³-hybridized carbons (Fsp3) is 0.571. The van der Waals surface area contributed by atoms with Crippen LogP contribution in [0.2, 0.25) is 0 Å². The molecule has 92 valence electrons. The Labute approximate surface area is 103 Å². The normalized spacial score (nSPS) is 20.9. The zero-order valence-corrected chi connectivity index (χ0v) is 10.6. The van der Waals surface area contributed by atoms with Crippen LogP contribution in [0.5, 0.6) is 0 Å². The number of rotatable bonds is 1. The van der Waals surface area contributed by atoms with Crippen molar-refractivity contribution in [3.8, 4) is 0 Å². The lowest BCUT2D eigenvalue weighted by molar-refractivity contribution is 0.313. The molecule has 0 amide bonds. The molecule has 3 heteroatoms. The van der Waals surface area contributed by atoms with E-state index < -0.39 is 0 Å². The maximum Gasteiger partial charge on any atom is 0.0374 e. The van der Waals surface area contributed by atoms with Crippen LogP contribution in [0, 0.1) is 0 Å². The molecule has 2 heterocycles. The van der Waals surface area contributed by atoms with Crippen molar-refractivity contribution in [3.05, 3.63) is 23.8 Å². The third-order valence-electron chi connectivity index (χ3n) is 3.90. The maximum atomic E-state index is 3.47. The maximum absolute atomic E-state index is 3.47. The first-order valence-corrected chi connectivity index (χ1v) is 6.63. The number of piperazine rings is 1. The molecule has 2 aliphatic rings. The summed E-state index contributed by atoms with van der Waals surface area (Å²) in [6.07, 6.45) is 2.49. The van der Waals surface area contributed by atoms with Crippen molar-refractivity contribution in [2.75, 3.05) is 50.0 Å². The number of likely N-dealkylation sites (N-methyl/N-ethyl adjacent to an activating group) is 1. The standard InChI is InChI=1S/C14H21N3/c1-16-7-9-17(10-8-16)13-4-5-14-12(11-13)3-2-6-15-14/h4-5,11,15H,2-3,6-10H2,1H3. The van der Waals surface area contributed by atoms with Gasteiger partial charge in [0.25, 0.3) is 0 Å². The molecule has 1 fully saturated rings. The number of anilines is 2. The molecule has 0 aromatic heterocycles. The minimum Gasteiger partial charge on any atom is -0.385 e. The number of hydrogen-bond donors (Lipinski definition) is 1. The molecule has 0 spiro atoms. The number of aryl methyl sites for hydroxylation is 1. The first-order chi connectivity index (χ1) is 8.33. The molecule has 3 rings (SSSR count). The molecule has 1 aromatic carbocycles. The summed E-state index contributed by atoms with van der Waals surface area (Å²) in [7, 11) is 2.20. The van der Waals surface area contributed by atoms with Crippen LogP contribution in [0.1, 0.15) is 12.0 Å². The highest BCUT2D eigenvalue weighted by Gasteiger charge is 2.16. The van der Waals surface area contributed by atoms with Crippen LogP contribution in [0.3, 0.4) is 0 Å². The molecule has 0 unspecified atom stereocenters. The SMILES string of the molecule is CN1CCN(c2ccc3c(c2)CCCN3)CC1. The minimum atomic E-state index is 1.13. The predicted molar refractivity (Wildman–Crippen MR) is 73.0 cm³/mol. The first kappa shape index (κ1) is 10.9. The van der Waals surface area contributed by atoms with E-state index in [1.165, 1.54) is 42.9 Å². The van der Waals surface area contributed by atoms with Crippen LogP contribution in [-0.4, -0.2) is 44.7 Å². The Morgan fingerprint density at radius 3 is 2.76 bits per heavy atom. The van der Waals surface area contributed by atoms with Gasteiger partial charge in [0, 0.05) is 44.1 Å². The predicted octanol–water partition coefficient (Wildman–Crippen LogP) is 1.80. The summed E-state index contributed by atoms with van der Waals surface area (Å²) >= 11 is 0. The van der Waals surface area contributed by atoms with Gasteiger partial charge in [0.1, 0.15) is 0 Å². The molecule has 0 bridgehead atoms. The Bertz CT molecular complexity index is 394. The number of hydrogen-bond acceptors (Lipinski definition) is 3. The molecule has 1 aromatic rings. The lowest BCUT2D eigenvalue weighted by Gasteiger charge is -2.34. The van der Waals surface area contributed by atoms with E-state index in [-0.39, 0.29) is 0 Å². The Balaban J connectivity index is 1.79. The van der Waals surface area contributed by atoms with Crippen LogP contribution in [0.25, 0.3) is 0 Å². The molecule has 1 N–H and O–H groups in total. The Kier molecular flexibility index (Phi) is 2.93. The second kappa shape index (κ2) is 4.57. The topological polar surface area (TPSA) is 18.5 Å². The molecule has 0 radical (unpaired) electrons. The van der Waals surface area contributed by atoms with Gasteiger partial charge in [-0.2, -0.15) is 0 Å². The van der Waals surface area contributed by atoms with E-state index in [0.29, 0.717) is 0 Å². The molecule has 0 saturated carbocycles. The van der Waals surface area contributed by atoms with E-state index in [9.17, 15) is 0 Å². The minimum absolute atomic E-state index is 1.13. The molecular formula is C14H21N3. The molecular weight excluding hydrogens is 210 g/mol. The van der Waals surface area contributed by atoms with E-state index >= 15 is 0 Å². The smallest absolute Gasteiger partial charge is 0.0374 e. The van der Waals surface area contributed by atoms with E-state index in [4.69, 9.17) is 0 Å². The van der Waals surface area contributed by atoms with Crippen molar-refractivity contribution in [1.82, 2.24) is 4.90 Å². The average Bonchev–Trinajstić information content (AvgIpc) is 2.39. The Morgan fingerprint density at radius 1 is 1.12 bits per heavy atom. The fourth-order valence-corrected chi connectivity index (χ4v) is 2.72. The van der Waals surface area contributed by atoms with E-state index in [2.05, 4.69) is 40.4 Å². The van der Waals surface area contributed by atoms with Gasteiger partial charge in [-0.1, -0.05) is 0 Å². The van der Waals surface area contributed by atoms with Gasteiger partial charge in [-0.15, -0.1) is 0 Å². The Hall–Kier alpha value is -1.22. The lowest BCUT2D eigenvalue weighted by atomic mass is 10.0. The van der Waals surface area contributed by atoms with Crippen LogP contribution in [0.15, 0.2) is 18.2 Å². The van der Waals surface area contributed by atoms with Gasteiger partial charge in [0.15, 0.2) is 0 Å². The third kappa shape index (κ3) is 2.25. The summed E-state index contributed by atoms with van der Waals surface area (Å²) in [6, 6.07) is 6.90. The second-order valence-corrected chi connectivity index (χ2v) is 5.16. The van der Waals surface area contributed by atoms with Crippen molar-refractivity contribution in [2.45, 2.75) is 12.8 Å². The third-order valence-corrected chi connectivity index (χ3v) is 3.90. The summed E-state index contributed by atoms with van der Waals surface area (Å²) < 4.78 is 0. The quantitative estimate of drug-likeness (QED) is 0.795. The highest BCUT2D eigenvalue weighted by atomic mass is 15.2.